The zero-order valence-corrected chi connectivity index (χ0v) is 15.1. The number of hydrogen-bond acceptors (Lipinski definition) is 4. The second kappa shape index (κ2) is 7.89. The molecule has 1 amide bonds. The first kappa shape index (κ1) is 17.8. The lowest BCUT2D eigenvalue weighted by atomic mass is 10.1. The van der Waals surface area contributed by atoms with E-state index in [-0.39, 0.29) is 5.91 Å². The van der Waals surface area contributed by atoms with E-state index in [0.29, 0.717) is 27.8 Å². The van der Waals surface area contributed by atoms with Gasteiger partial charge in [0.1, 0.15) is 11.5 Å². The number of pyridine rings is 1. The van der Waals surface area contributed by atoms with Crippen LogP contribution in [0.5, 0.6) is 11.5 Å². The van der Waals surface area contributed by atoms with E-state index in [1.807, 2.05) is 18.2 Å². The van der Waals surface area contributed by atoms with Gasteiger partial charge in [-0.15, -0.1) is 0 Å². The van der Waals surface area contributed by atoms with Crippen LogP contribution < -0.4 is 14.8 Å². The Morgan fingerprint density at radius 1 is 1.04 bits per heavy atom. The number of carbonyl (C=O) groups is 1. The van der Waals surface area contributed by atoms with Gasteiger partial charge in [-0.2, -0.15) is 0 Å². The number of methoxy groups -OCH3 is 2. The lowest BCUT2D eigenvalue weighted by molar-refractivity contribution is 0.102. The van der Waals surface area contributed by atoms with Crippen LogP contribution in [-0.4, -0.2) is 25.1 Å². The minimum atomic E-state index is -0.276. The van der Waals surface area contributed by atoms with Crippen molar-refractivity contribution in [2.24, 2.45) is 0 Å². The summed E-state index contributed by atoms with van der Waals surface area (Å²) in [4.78, 5) is 16.7. The fraction of sp³-hybridized carbons (Fsp3) is 0.100. The molecule has 0 bridgehead atoms. The van der Waals surface area contributed by atoms with Crippen LogP contribution in [0.4, 0.5) is 5.69 Å². The fourth-order valence-electron chi connectivity index (χ4n) is 2.49. The first-order chi connectivity index (χ1) is 12.6. The Morgan fingerprint density at radius 2 is 1.77 bits per heavy atom. The van der Waals surface area contributed by atoms with Crippen molar-refractivity contribution in [3.8, 4) is 22.6 Å². The zero-order chi connectivity index (χ0) is 18.5. The molecule has 0 atom stereocenters. The minimum absolute atomic E-state index is 0.276. The summed E-state index contributed by atoms with van der Waals surface area (Å²) in [6.45, 7) is 0. The maximum absolute atomic E-state index is 12.6. The summed E-state index contributed by atoms with van der Waals surface area (Å²) in [5.41, 5.74) is 2.72. The molecule has 0 unspecified atom stereocenters. The van der Waals surface area contributed by atoms with Crippen molar-refractivity contribution in [3.63, 3.8) is 0 Å². The fourth-order valence-corrected chi connectivity index (χ4v) is 2.71. The molecule has 1 N–H and O–H groups in total. The Labute approximate surface area is 156 Å². The van der Waals surface area contributed by atoms with Crippen LogP contribution in [0.15, 0.2) is 60.9 Å². The van der Waals surface area contributed by atoms with Crippen molar-refractivity contribution in [2.75, 3.05) is 19.5 Å². The number of halogens is 1. The number of benzene rings is 2. The molecule has 0 radical (unpaired) electrons. The molecular formula is C20H17ClN2O3. The van der Waals surface area contributed by atoms with Crippen molar-refractivity contribution >= 4 is 23.2 Å². The third-order valence-corrected chi connectivity index (χ3v) is 4.14. The van der Waals surface area contributed by atoms with Gasteiger partial charge in [-0.05, 0) is 36.4 Å². The number of amides is 1. The van der Waals surface area contributed by atoms with E-state index in [2.05, 4.69) is 10.3 Å². The number of rotatable bonds is 5. The molecule has 0 aliphatic carbocycles. The molecule has 0 aliphatic heterocycles. The molecule has 2 aromatic carbocycles. The van der Waals surface area contributed by atoms with Gasteiger partial charge < -0.3 is 14.8 Å². The topological polar surface area (TPSA) is 60.5 Å². The van der Waals surface area contributed by atoms with Crippen LogP contribution in [0.1, 0.15) is 10.4 Å². The summed E-state index contributed by atoms with van der Waals surface area (Å²) in [6, 6.07) is 14.1. The maximum atomic E-state index is 12.6. The first-order valence-electron chi connectivity index (χ1n) is 7.85. The van der Waals surface area contributed by atoms with Gasteiger partial charge in [0.2, 0.25) is 0 Å². The average Bonchev–Trinajstić information content (AvgIpc) is 2.69. The largest absolute Gasteiger partial charge is 0.497 e. The van der Waals surface area contributed by atoms with E-state index >= 15 is 0 Å². The quantitative estimate of drug-likeness (QED) is 0.710. The molecule has 3 aromatic rings. The average molecular weight is 369 g/mol. The van der Waals surface area contributed by atoms with Crippen LogP contribution in [0, 0.1) is 0 Å². The van der Waals surface area contributed by atoms with Crippen molar-refractivity contribution in [1.29, 1.82) is 0 Å². The van der Waals surface area contributed by atoms with Gasteiger partial charge in [0.25, 0.3) is 5.91 Å². The van der Waals surface area contributed by atoms with Crippen molar-refractivity contribution in [3.05, 3.63) is 71.5 Å². The van der Waals surface area contributed by atoms with Crippen molar-refractivity contribution in [2.45, 2.75) is 0 Å². The number of nitrogens with zero attached hydrogens (tertiary/aromatic N) is 1. The number of nitrogens with one attached hydrogen (secondary N) is 1. The summed E-state index contributed by atoms with van der Waals surface area (Å²) < 4.78 is 10.4. The second-order valence-electron chi connectivity index (χ2n) is 5.49. The van der Waals surface area contributed by atoms with Crippen molar-refractivity contribution < 1.29 is 14.3 Å². The van der Waals surface area contributed by atoms with E-state index in [1.54, 1.807) is 42.7 Å². The second-order valence-corrected chi connectivity index (χ2v) is 5.90. The number of aromatic nitrogens is 1. The highest BCUT2D eigenvalue weighted by Crippen LogP contribution is 2.30. The van der Waals surface area contributed by atoms with Gasteiger partial charge in [0.15, 0.2) is 0 Å². The molecular weight excluding hydrogens is 352 g/mol. The Morgan fingerprint density at radius 3 is 2.38 bits per heavy atom. The third kappa shape index (κ3) is 3.95. The Balaban J connectivity index is 1.89. The number of carbonyl (C=O) groups excluding carboxylic acids is 1. The van der Waals surface area contributed by atoms with Gasteiger partial charge in [0, 0.05) is 45.9 Å². The monoisotopic (exact) mass is 368 g/mol. The summed E-state index contributed by atoms with van der Waals surface area (Å²) in [5.74, 6) is 0.810. The summed E-state index contributed by atoms with van der Waals surface area (Å²) in [5, 5.41) is 3.45. The van der Waals surface area contributed by atoms with E-state index < -0.39 is 0 Å². The van der Waals surface area contributed by atoms with Crippen LogP contribution in [-0.2, 0) is 0 Å². The maximum Gasteiger partial charge on any atom is 0.255 e. The van der Waals surface area contributed by atoms with E-state index in [0.717, 1.165) is 11.1 Å². The van der Waals surface area contributed by atoms with Gasteiger partial charge in [0.05, 0.1) is 14.2 Å². The number of anilines is 1. The first-order valence-corrected chi connectivity index (χ1v) is 8.23. The highest BCUT2D eigenvalue weighted by atomic mass is 35.5. The van der Waals surface area contributed by atoms with E-state index in [1.165, 1.54) is 14.2 Å². The third-order valence-electron chi connectivity index (χ3n) is 3.81. The predicted octanol–water partition coefficient (Wildman–Crippen LogP) is 4.67. The highest BCUT2D eigenvalue weighted by Gasteiger charge is 2.12. The lowest BCUT2D eigenvalue weighted by Crippen LogP contribution is -2.12. The van der Waals surface area contributed by atoms with E-state index in [9.17, 15) is 4.79 Å². The standard InChI is InChI=1S/C20H17ClN2O3/c1-25-16-8-14(9-17(11-16)26-2)20(24)23-15-5-6-19(21)18(10-15)13-4-3-7-22-12-13/h3-12H,1-2H3,(H,23,24). The van der Waals surface area contributed by atoms with Gasteiger partial charge in [-0.1, -0.05) is 17.7 Å². The molecule has 0 aliphatic rings. The SMILES string of the molecule is COc1cc(OC)cc(C(=O)Nc2ccc(Cl)c(-c3cccnc3)c2)c1. The molecule has 5 nitrogen and oxygen atoms in total. The van der Waals surface area contributed by atoms with Crippen LogP contribution >= 0.6 is 11.6 Å². The summed E-state index contributed by atoms with van der Waals surface area (Å²) >= 11 is 6.29. The lowest BCUT2D eigenvalue weighted by Gasteiger charge is -2.11. The Bertz CT molecular complexity index is 907. The van der Waals surface area contributed by atoms with Crippen LogP contribution in [0.3, 0.4) is 0 Å². The molecule has 0 saturated heterocycles. The van der Waals surface area contributed by atoms with Gasteiger partial charge in [-0.3, -0.25) is 9.78 Å². The zero-order valence-electron chi connectivity index (χ0n) is 14.3. The molecule has 26 heavy (non-hydrogen) atoms. The Kier molecular flexibility index (Phi) is 5.39. The van der Waals surface area contributed by atoms with Gasteiger partial charge >= 0.3 is 0 Å². The van der Waals surface area contributed by atoms with Gasteiger partial charge in [-0.25, -0.2) is 0 Å². The summed E-state index contributed by atoms with van der Waals surface area (Å²) in [6.07, 6.45) is 3.42. The highest BCUT2D eigenvalue weighted by molar-refractivity contribution is 6.33. The van der Waals surface area contributed by atoms with Crippen LogP contribution in [0.25, 0.3) is 11.1 Å². The van der Waals surface area contributed by atoms with Crippen LogP contribution in [0.2, 0.25) is 5.02 Å². The smallest absolute Gasteiger partial charge is 0.255 e. The summed E-state index contributed by atoms with van der Waals surface area (Å²) in [7, 11) is 3.08. The molecule has 0 saturated carbocycles. The number of ether oxygens (including phenoxy) is 2. The number of hydrogen-bond donors (Lipinski definition) is 1. The molecule has 1 aromatic heterocycles. The molecule has 3 rings (SSSR count). The van der Waals surface area contributed by atoms with Crippen molar-refractivity contribution in [1.82, 2.24) is 4.98 Å². The molecule has 132 valence electrons. The Hall–Kier alpha value is -3.05. The predicted molar refractivity (Wildman–Crippen MR) is 102 cm³/mol. The molecule has 1 heterocycles. The molecule has 6 heteroatoms. The molecule has 0 fully saturated rings. The van der Waals surface area contributed by atoms with E-state index in [4.69, 9.17) is 21.1 Å². The molecule has 0 spiro atoms. The minimum Gasteiger partial charge on any atom is -0.497 e. The normalized spacial score (nSPS) is 10.3.